The highest BCUT2D eigenvalue weighted by Crippen LogP contribution is 2.37. The van der Waals surface area contributed by atoms with Crippen molar-refractivity contribution in [2.45, 2.75) is 6.92 Å². The number of hydrogen-bond acceptors (Lipinski definition) is 5. The number of hydrogen-bond donors (Lipinski definition) is 1. The highest BCUT2D eigenvalue weighted by molar-refractivity contribution is 6.23. The maximum Gasteiger partial charge on any atom is 0.340 e. The molecule has 0 aromatic heterocycles. The molecule has 0 fully saturated rings. The minimum Gasteiger partial charge on any atom is -0.504 e. The van der Waals surface area contributed by atoms with E-state index >= 15 is 0 Å². The molecule has 7 heteroatoms. The summed E-state index contributed by atoms with van der Waals surface area (Å²) in [7, 11) is 2.61. The average Bonchev–Trinajstić information content (AvgIpc) is 2.93. The van der Waals surface area contributed by atoms with Gasteiger partial charge in [-0.25, -0.2) is 9.18 Å². The summed E-state index contributed by atoms with van der Waals surface area (Å²) in [6, 6.07) is 10.3. The number of carbonyl (C=O) groups excluding carboxylic acids is 2. The van der Waals surface area contributed by atoms with Gasteiger partial charge in [0, 0.05) is 5.70 Å². The molecule has 0 spiro atoms. The quantitative estimate of drug-likeness (QED) is 0.647. The third-order valence-electron chi connectivity index (χ3n) is 4.40. The van der Waals surface area contributed by atoms with E-state index in [9.17, 15) is 19.1 Å². The van der Waals surface area contributed by atoms with Gasteiger partial charge >= 0.3 is 5.97 Å². The first-order chi connectivity index (χ1) is 13.4. The first kappa shape index (κ1) is 19.2. The van der Waals surface area contributed by atoms with Gasteiger partial charge in [-0.2, -0.15) is 0 Å². The van der Waals surface area contributed by atoms with E-state index < -0.39 is 17.7 Å². The zero-order valence-corrected chi connectivity index (χ0v) is 15.5. The van der Waals surface area contributed by atoms with Gasteiger partial charge in [0.2, 0.25) is 0 Å². The van der Waals surface area contributed by atoms with E-state index in [0.717, 1.165) is 4.90 Å². The summed E-state index contributed by atoms with van der Waals surface area (Å²) in [5.74, 6) is -1.70. The summed E-state index contributed by atoms with van der Waals surface area (Å²) >= 11 is 0. The molecule has 0 saturated heterocycles. The summed E-state index contributed by atoms with van der Waals surface area (Å²) in [6.45, 7) is 1.55. The maximum atomic E-state index is 14.3. The lowest BCUT2D eigenvalue weighted by Crippen LogP contribution is -2.25. The molecule has 1 aliphatic rings. The first-order valence-corrected chi connectivity index (χ1v) is 8.36. The van der Waals surface area contributed by atoms with Gasteiger partial charge in [-0.3, -0.25) is 9.69 Å². The largest absolute Gasteiger partial charge is 0.504 e. The summed E-state index contributed by atoms with van der Waals surface area (Å²) in [4.78, 5) is 26.6. The van der Waals surface area contributed by atoms with Gasteiger partial charge in [0.25, 0.3) is 5.91 Å². The van der Waals surface area contributed by atoms with Gasteiger partial charge in [-0.05, 0) is 42.8 Å². The van der Waals surface area contributed by atoms with Crippen LogP contribution in [0.3, 0.4) is 0 Å². The molecule has 1 amide bonds. The van der Waals surface area contributed by atoms with Gasteiger partial charge in [0.1, 0.15) is 5.82 Å². The highest BCUT2D eigenvalue weighted by Gasteiger charge is 2.38. The van der Waals surface area contributed by atoms with Crippen LogP contribution >= 0.6 is 0 Å². The van der Waals surface area contributed by atoms with E-state index in [0.29, 0.717) is 5.56 Å². The fourth-order valence-electron chi connectivity index (χ4n) is 3.05. The van der Waals surface area contributed by atoms with Crippen molar-refractivity contribution in [3.8, 4) is 11.5 Å². The Hall–Kier alpha value is -3.61. The van der Waals surface area contributed by atoms with Crippen molar-refractivity contribution in [2.24, 2.45) is 0 Å². The minimum atomic E-state index is -0.707. The number of carbonyl (C=O) groups is 2. The van der Waals surface area contributed by atoms with Crippen LogP contribution in [0.4, 0.5) is 10.1 Å². The third kappa shape index (κ3) is 3.22. The van der Waals surface area contributed by atoms with Gasteiger partial charge in [-0.15, -0.1) is 0 Å². The number of esters is 1. The van der Waals surface area contributed by atoms with Crippen LogP contribution in [0.5, 0.6) is 11.5 Å². The fraction of sp³-hybridized carbons (Fsp3) is 0.143. The van der Waals surface area contributed by atoms with E-state index in [-0.39, 0.29) is 34.0 Å². The molecule has 28 heavy (non-hydrogen) atoms. The topological polar surface area (TPSA) is 76.1 Å². The summed E-state index contributed by atoms with van der Waals surface area (Å²) < 4.78 is 24.2. The smallest absolute Gasteiger partial charge is 0.340 e. The number of ether oxygens (including phenoxy) is 2. The summed E-state index contributed by atoms with van der Waals surface area (Å²) in [5.41, 5.74) is 0.919. The molecule has 0 bridgehead atoms. The lowest BCUT2D eigenvalue weighted by atomic mass is 10.0. The van der Waals surface area contributed by atoms with Crippen molar-refractivity contribution in [3.05, 3.63) is 70.7 Å². The number of benzene rings is 2. The van der Waals surface area contributed by atoms with Crippen molar-refractivity contribution < 1.29 is 28.6 Å². The van der Waals surface area contributed by atoms with Crippen LogP contribution in [0.25, 0.3) is 6.08 Å². The van der Waals surface area contributed by atoms with E-state index in [1.54, 1.807) is 19.1 Å². The Morgan fingerprint density at radius 2 is 1.89 bits per heavy atom. The van der Waals surface area contributed by atoms with Crippen molar-refractivity contribution in [2.75, 3.05) is 19.1 Å². The second kappa shape index (κ2) is 7.56. The normalized spacial score (nSPS) is 15.4. The van der Waals surface area contributed by atoms with Gasteiger partial charge < -0.3 is 14.6 Å². The number of halogens is 1. The number of phenols is 1. The molecule has 0 atom stereocenters. The van der Waals surface area contributed by atoms with E-state index in [4.69, 9.17) is 9.47 Å². The zero-order valence-electron chi connectivity index (χ0n) is 15.5. The molecule has 2 aromatic rings. The number of nitrogens with zero attached hydrogens (tertiary/aromatic N) is 1. The molecule has 1 heterocycles. The Balaban J connectivity index is 2.16. The number of rotatable bonds is 4. The van der Waals surface area contributed by atoms with E-state index in [1.165, 1.54) is 50.6 Å². The number of para-hydroxylation sites is 1. The number of methoxy groups -OCH3 is 2. The van der Waals surface area contributed by atoms with Crippen LogP contribution in [0.2, 0.25) is 0 Å². The van der Waals surface area contributed by atoms with Crippen LogP contribution in [0.15, 0.2) is 59.3 Å². The number of allylic oxidation sites excluding steroid dienone is 1. The predicted molar refractivity (Wildman–Crippen MR) is 101 cm³/mol. The van der Waals surface area contributed by atoms with Crippen molar-refractivity contribution in [3.63, 3.8) is 0 Å². The van der Waals surface area contributed by atoms with Crippen LogP contribution in [0, 0.1) is 5.82 Å². The average molecular weight is 383 g/mol. The molecule has 1 N–H and O–H groups in total. The molecule has 144 valence electrons. The van der Waals surface area contributed by atoms with Gasteiger partial charge in [-0.1, -0.05) is 18.2 Å². The van der Waals surface area contributed by atoms with Crippen LogP contribution in [-0.2, 0) is 14.3 Å². The Morgan fingerprint density at radius 1 is 1.18 bits per heavy atom. The monoisotopic (exact) mass is 383 g/mol. The lowest BCUT2D eigenvalue weighted by Gasteiger charge is -2.18. The Labute approximate surface area is 161 Å². The first-order valence-electron chi connectivity index (χ1n) is 8.36. The van der Waals surface area contributed by atoms with Crippen molar-refractivity contribution in [1.82, 2.24) is 0 Å². The molecule has 3 rings (SSSR count). The minimum absolute atomic E-state index is 0.0399. The van der Waals surface area contributed by atoms with Crippen LogP contribution in [0.1, 0.15) is 12.5 Å². The molecule has 0 unspecified atom stereocenters. The molecule has 6 nitrogen and oxygen atoms in total. The predicted octanol–water partition coefficient (Wildman–Crippen LogP) is 3.42. The van der Waals surface area contributed by atoms with E-state index in [1.807, 2.05) is 0 Å². The van der Waals surface area contributed by atoms with Gasteiger partial charge in [0.15, 0.2) is 11.5 Å². The third-order valence-corrected chi connectivity index (χ3v) is 4.40. The SMILES string of the molecule is COC(=O)C1=C(C)N(c2ccccc2F)C(=O)/C1=C\c1ccc(O)c(OC)c1. The number of amides is 1. The second-order valence-corrected chi connectivity index (χ2v) is 6.03. The Bertz CT molecular complexity index is 1030. The lowest BCUT2D eigenvalue weighted by molar-refractivity contribution is -0.136. The van der Waals surface area contributed by atoms with Crippen LogP contribution < -0.4 is 9.64 Å². The maximum absolute atomic E-state index is 14.3. The second-order valence-electron chi connectivity index (χ2n) is 6.03. The fourth-order valence-corrected chi connectivity index (χ4v) is 3.05. The van der Waals surface area contributed by atoms with Gasteiger partial charge in [0.05, 0.1) is 31.1 Å². The molecule has 2 aromatic carbocycles. The molecule has 0 radical (unpaired) electrons. The molecule has 1 aliphatic heterocycles. The molecule has 0 aliphatic carbocycles. The highest BCUT2D eigenvalue weighted by atomic mass is 19.1. The standard InChI is InChI=1S/C21H18FNO5/c1-12-19(21(26)28-3)14(10-13-8-9-17(24)18(11-13)27-2)20(25)23(12)16-7-5-4-6-15(16)22/h4-11,24H,1-3H3/b14-10-. The number of phenolic OH excluding ortho intramolecular Hbond substituents is 1. The molecular formula is C21H18FNO5. The number of anilines is 1. The zero-order chi connectivity index (χ0) is 20.4. The van der Waals surface area contributed by atoms with Crippen molar-refractivity contribution >= 4 is 23.6 Å². The van der Waals surface area contributed by atoms with Crippen molar-refractivity contribution in [1.29, 1.82) is 0 Å². The Morgan fingerprint density at radius 3 is 2.54 bits per heavy atom. The summed E-state index contributed by atoms with van der Waals surface area (Å²) in [5, 5.41) is 9.74. The molecular weight excluding hydrogens is 365 g/mol. The number of aromatic hydroxyl groups is 1. The molecule has 0 saturated carbocycles. The van der Waals surface area contributed by atoms with E-state index in [2.05, 4.69) is 0 Å². The van der Waals surface area contributed by atoms with Crippen LogP contribution in [-0.4, -0.2) is 31.2 Å². The Kier molecular flexibility index (Phi) is 5.17. The summed E-state index contributed by atoms with van der Waals surface area (Å²) in [6.07, 6.45) is 1.47.